The van der Waals surface area contributed by atoms with Crippen molar-refractivity contribution in [1.82, 2.24) is 9.47 Å². The third-order valence-electron chi connectivity index (χ3n) is 11.3. The molecule has 17 heteroatoms. The van der Waals surface area contributed by atoms with Gasteiger partial charge >= 0.3 is 5.97 Å². The number of benzene rings is 5. The van der Waals surface area contributed by atoms with Gasteiger partial charge in [-0.3, -0.25) is 14.8 Å². The predicted molar refractivity (Wildman–Crippen MR) is 250 cm³/mol. The fourth-order valence-corrected chi connectivity index (χ4v) is 9.92. The lowest BCUT2D eigenvalue weighted by Crippen LogP contribution is -2.46. The van der Waals surface area contributed by atoms with Gasteiger partial charge in [-0.25, -0.2) is 22.0 Å². The van der Waals surface area contributed by atoms with Crippen LogP contribution in [-0.4, -0.2) is 92.5 Å². The fraction of sp³-hybridized carbons (Fsp3) is 0.255. The average molecular weight is 910 g/mol. The lowest BCUT2D eigenvalue weighted by Gasteiger charge is -2.37. The van der Waals surface area contributed by atoms with E-state index in [1.54, 1.807) is 78.8 Å². The van der Waals surface area contributed by atoms with Gasteiger partial charge in [0.15, 0.2) is 0 Å². The number of anilines is 4. The van der Waals surface area contributed by atoms with Crippen LogP contribution in [0.5, 0.6) is 0 Å². The summed E-state index contributed by atoms with van der Waals surface area (Å²) < 4.78 is 61.0. The van der Waals surface area contributed by atoms with Gasteiger partial charge in [-0.05, 0) is 131 Å². The molecule has 1 saturated heterocycles. The predicted octanol–water partition coefficient (Wildman–Crippen LogP) is 9.20. The minimum absolute atomic E-state index is 0.0330. The van der Waals surface area contributed by atoms with Crippen molar-refractivity contribution in [1.29, 1.82) is 0 Å². The molecule has 3 N–H and O–H groups in total. The summed E-state index contributed by atoms with van der Waals surface area (Å²) in [5.74, 6) is -1.59. The second-order valence-electron chi connectivity index (χ2n) is 15.8. The first-order chi connectivity index (χ1) is 30.6. The first-order valence-electron chi connectivity index (χ1n) is 20.6. The Morgan fingerprint density at radius 2 is 1.53 bits per heavy atom. The number of aromatic nitrogens is 1. The van der Waals surface area contributed by atoms with Crippen molar-refractivity contribution in [3.8, 4) is 22.4 Å². The third-order valence-corrected chi connectivity index (χ3v) is 13.9. The van der Waals surface area contributed by atoms with Crippen molar-refractivity contribution >= 4 is 56.2 Å². The highest BCUT2D eigenvalue weighted by atomic mass is 32.2. The van der Waals surface area contributed by atoms with Crippen LogP contribution < -0.4 is 19.8 Å². The van der Waals surface area contributed by atoms with Gasteiger partial charge < -0.3 is 29.7 Å². The van der Waals surface area contributed by atoms with Crippen LogP contribution in [0.2, 0.25) is 0 Å². The molecule has 0 aliphatic carbocycles. The molecule has 1 atom stereocenters. The summed E-state index contributed by atoms with van der Waals surface area (Å²) in [6.07, 6.45) is 0.708. The quantitative estimate of drug-likeness (QED) is 0.0456. The summed E-state index contributed by atoms with van der Waals surface area (Å²) in [4.78, 5) is 31.3. The molecule has 0 unspecified atom stereocenters. The van der Waals surface area contributed by atoms with E-state index in [9.17, 15) is 32.8 Å². The SMILES string of the molecule is Cc1c(C(=O)O)c(-c2cc(N3CCN(c4ccc(NS(=O)(=O)c5ccc(N[C@H](CCN(C)C)CSc6ccccc6)c([N+](=O)[O-])c5)cc4)CC3)ccc2F)c(-c2ccc(F)cc2)n1C. The molecular formula is C47H49F2N7O6S2. The average Bonchev–Trinajstić information content (AvgIpc) is 3.54. The Hall–Kier alpha value is -6.43. The molecule has 1 fully saturated rings. The second kappa shape index (κ2) is 19.5. The van der Waals surface area contributed by atoms with Crippen molar-refractivity contribution < 1.29 is 32.0 Å². The van der Waals surface area contributed by atoms with Crippen LogP contribution in [0.4, 0.5) is 37.2 Å². The highest BCUT2D eigenvalue weighted by Gasteiger charge is 2.29. The van der Waals surface area contributed by atoms with Gasteiger partial charge in [0.25, 0.3) is 15.7 Å². The molecule has 0 radical (unpaired) electrons. The van der Waals surface area contributed by atoms with E-state index in [-0.39, 0.29) is 44.7 Å². The molecule has 0 saturated carbocycles. The zero-order chi connectivity index (χ0) is 45.7. The van der Waals surface area contributed by atoms with Gasteiger partial charge in [0.1, 0.15) is 17.3 Å². The molecule has 7 rings (SSSR count). The van der Waals surface area contributed by atoms with Crippen LogP contribution in [0.3, 0.4) is 0 Å². The monoisotopic (exact) mass is 909 g/mol. The summed E-state index contributed by atoms with van der Waals surface area (Å²) in [5.41, 5.74) is 3.47. The van der Waals surface area contributed by atoms with Crippen LogP contribution in [0.15, 0.2) is 125 Å². The number of carboxylic acids is 1. The number of carboxylic acid groups (broad SMARTS) is 1. The van der Waals surface area contributed by atoms with Crippen molar-refractivity contribution in [3.05, 3.63) is 148 Å². The molecule has 13 nitrogen and oxygen atoms in total. The van der Waals surface area contributed by atoms with Gasteiger partial charge in [-0.2, -0.15) is 0 Å². The van der Waals surface area contributed by atoms with Crippen LogP contribution in [0, 0.1) is 28.7 Å². The Morgan fingerprint density at radius 1 is 0.891 bits per heavy atom. The van der Waals surface area contributed by atoms with E-state index in [0.29, 0.717) is 61.0 Å². The Bertz CT molecular complexity index is 2750. The van der Waals surface area contributed by atoms with Gasteiger partial charge in [0.2, 0.25) is 0 Å². The molecule has 6 aromatic rings. The number of nitrogens with zero attached hydrogens (tertiary/aromatic N) is 5. The van der Waals surface area contributed by atoms with Gasteiger partial charge in [-0.15, -0.1) is 11.8 Å². The van der Waals surface area contributed by atoms with E-state index < -0.39 is 32.6 Å². The number of nitro groups is 1. The van der Waals surface area contributed by atoms with E-state index >= 15 is 4.39 Å². The van der Waals surface area contributed by atoms with E-state index in [2.05, 4.69) is 19.8 Å². The Kier molecular flexibility index (Phi) is 13.9. The van der Waals surface area contributed by atoms with E-state index in [1.807, 2.05) is 49.3 Å². The largest absolute Gasteiger partial charge is 0.478 e. The molecule has 1 aliphatic rings. The number of carbonyl (C=O) groups is 1. The first kappa shape index (κ1) is 45.6. The minimum atomic E-state index is -4.20. The zero-order valence-corrected chi connectivity index (χ0v) is 37.4. The van der Waals surface area contributed by atoms with Crippen LogP contribution in [0.25, 0.3) is 22.4 Å². The molecule has 2 heterocycles. The number of nitrogens with one attached hydrogen (secondary N) is 2. The Balaban J connectivity index is 1.02. The van der Waals surface area contributed by atoms with Crippen molar-refractivity contribution in [2.45, 2.75) is 29.2 Å². The normalized spacial score (nSPS) is 13.5. The van der Waals surface area contributed by atoms with Gasteiger partial charge in [0.05, 0.1) is 21.1 Å². The molecular weight excluding hydrogens is 861 g/mol. The third kappa shape index (κ3) is 10.3. The van der Waals surface area contributed by atoms with Crippen LogP contribution >= 0.6 is 11.8 Å². The number of piperazine rings is 1. The highest BCUT2D eigenvalue weighted by molar-refractivity contribution is 7.99. The topological polar surface area (TPSA) is 153 Å². The molecule has 0 spiro atoms. The smallest absolute Gasteiger partial charge is 0.338 e. The molecule has 1 aliphatic heterocycles. The minimum Gasteiger partial charge on any atom is -0.478 e. The number of aromatic carboxylic acids is 1. The first-order valence-corrected chi connectivity index (χ1v) is 23.0. The molecule has 64 heavy (non-hydrogen) atoms. The van der Waals surface area contributed by atoms with Crippen molar-refractivity contribution in [2.75, 3.05) is 72.4 Å². The number of rotatable bonds is 17. The maximum atomic E-state index is 15.7. The van der Waals surface area contributed by atoms with Crippen molar-refractivity contribution in [2.24, 2.45) is 7.05 Å². The van der Waals surface area contributed by atoms with E-state index in [0.717, 1.165) is 23.2 Å². The maximum absolute atomic E-state index is 15.7. The maximum Gasteiger partial charge on any atom is 0.338 e. The summed E-state index contributed by atoms with van der Waals surface area (Å²) in [7, 11) is 1.42. The molecule has 0 amide bonds. The zero-order valence-electron chi connectivity index (χ0n) is 35.8. The second-order valence-corrected chi connectivity index (χ2v) is 18.6. The molecule has 5 aromatic carbocycles. The Labute approximate surface area is 375 Å². The molecule has 334 valence electrons. The Morgan fingerprint density at radius 3 is 2.16 bits per heavy atom. The number of nitro benzene ring substituents is 1. The van der Waals surface area contributed by atoms with Crippen LogP contribution in [0.1, 0.15) is 22.5 Å². The lowest BCUT2D eigenvalue weighted by atomic mass is 9.95. The number of halogens is 2. The molecule has 0 bridgehead atoms. The number of hydrogen-bond acceptors (Lipinski definition) is 10. The van der Waals surface area contributed by atoms with Gasteiger partial charge in [-0.1, -0.05) is 18.2 Å². The van der Waals surface area contributed by atoms with Gasteiger partial charge in [0, 0.05) is 89.9 Å². The summed E-state index contributed by atoms with van der Waals surface area (Å²) in [6.45, 7) is 4.66. The fourth-order valence-electron chi connectivity index (χ4n) is 7.85. The van der Waals surface area contributed by atoms with E-state index in [4.69, 9.17) is 0 Å². The summed E-state index contributed by atoms with van der Waals surface area (Å²) in [5, 5.41) is 25.8. The number of hydrogen-bond donors (Lipinski definition) is 3. The molecule has 1 aromatic heterocycles. The lowest BCUT2D eigenvalue weighted by molar-refractivity contribution is -0.384. The van der Waals surface area contributed by atoms with Crippen molar-refractivity contribution in [3.63, 3.8) is 0 Å². The standard InChI is InChI=1S/C47H49F2N7O6S2/c1-31-44(47(57)58)45(46(53(31)4)32-10-12-33(48)13-11-32)40-28-37(18-20-41(40)49)55-26-24-54(25-27-55)36-16-14-34(15-17-36)51-64(61,62)39-19-21-42(43(29-39)56(59)60)50-35(22-23-52(2)3)30-63-38-8-6-5-7-9-38/h5-21,28-29,35,50-51H,22-27,30H2,1-4H3,(H,57,58)/t35-/m1/s1. The highest BCUT2D eigenvalue weighted by Crippen LogP contribution is 2.41. The summed E-state index contributed by atoms with van der Waals surface area (Å²) in [6, 6.07) is 30.8. The van der Waals surface area contributed by atoms with E-state index in [1.165, 1.54) is 30.3 Å². The summed E-state index contributed by atoms with van der Waals surface area (Å²) >= 11 is 1.64. The number of thioether (sulfide) groups is 1. The van der Waals surface area contributed by atoms with Crippen LogP contribution in [-0.2, 0) is 17.1 Å². The number of sulfonamides is 1.